The molecule has 12 heteroatoms. The topological polar surface area (TPSA) is 176 Å². The van der Waals surface area contributed by atoms with Crippen molar-refractivity contribution in [2.24, 2.45) is 0 Å². The standard InChI is InChI=1S/C11H17N6O4P.Na/c12-8-7-9(16-10(13)15-8)17(5-14-7)6-1-2-11(18,3-6)4-22(19,20)21;/h5-6,18H,1-4H2,(H2,19,20,21)(H4,12,13,15,16);/q;+1/p-1/t6-,11-;/m0./s1. The van der Waals surface area contributed by atoms with Crippen LogP contribution >= 0.6 is 7.60 Å². The van der Waals surface area contributed by atoms with Crippen LogP contribution in [0.1, 0.15) is 25.3 Å². The predicted octanol–water partition coefficient (Wildman–Crippen LogP) is -4.00. The Hall–Kier alpha value is -0.740. The number of nitrogen functional groups attached to an aromatic ring is 2. The zero-order valence-electron chi connectivity index (χ0n) is 12.6. The molecule has 6 N–H and O–H groups in total. The van der Waals surface area contributed by atoms with Crippen LogP contribution in [0.3, 0.4) is 0 Å². The van der Waals surface area contributed by atoms with Gasteiger partial charge in [-0.15, -0.1) is 0 Å². The average molecular weight is 350 g/mol. The van der Waals surface area contributed by atoms with Crippen LogP contribution in [-0.4, -0.2) is 41.3 Å². The number of rotatable bonds is 3. The van der Waals surface area contributed by atoms with Crippen LogP contribution in [0.15, 0.2) is 6.33 Å². The molecule has 2 aromatic heterocycles. The molecule has 0 saturated heterocycles. The average Bonchev–Trinajstić information content (AvgIpc) is 2.90. The van der Waals surface area contributed by atoms with Gasteiger partial charge in [0.15, 0.2) is 11.5 Å². The number of imidazole rings is 1. The van der Waals surface area contributed by atoms with Gasteiger partial charge in [0.25, 0.3) is 0 Å². The zero-order valence-corrected chi connectivity index (χ0v) is 15.5. The molecule has 1 unspecified atom stereocenters. The van der Waals surface area contributed by atoms with E-state index in [2.05, 4.69) is 15.0 Å². The Balaban J connectivity index is 0.00000192. The van der Waals surface area contributed by atoms with Crippen LogP contribution in [0.25, 0.3) is 11.2 Å². The molecule has 2 heterocycles. The van der Waals surface area contributed by atoms with Crippen LogP contribution in [0.4, 0.5) is 11.8 Å². The van der Waals surface area contributed by atoms with Crippen molar-refractivity contribution in [1.29, 1.82) is 0 Å². The summed E-state index contributed by atoms with van der Waals surface area (Å²) in [4.78, 5) is 32.1. The SMILES string of the molecule is Nc1nc(N)c2ncn([C@H]3CC[C@@](O)(CP(=O)([O-])O)C3)c2n1.[Na+]. The van der Waals surface area contributed by atoms with Gasteiger partial charge >= 0.3 is 29.6 Å². The van der Waals surface area contributed by atoms with Crippen molar-refractivity contribution in [2.45, 2.75) is 30.9 Å². The monoisotopic (exact) mass is 350 g/mol. The van der Waals surface area contributed by atoms with Gasteiger partial charge in [-0.3, -0.25) is 0 Å². The van der Waals surface area contributed by atoms with Gasteiger partial charge in [0.2, 0.25) is 5.95 Å². The second-order valence-electron chi connectivity index (χ2n) is 5.71. The molecule has 1 aliphatic rings. The largest absolute Gasteiger partial charge is 1.00 e. The smallest absolute Gasteiger partial charge is 0.779 e. The Labute approximate surface area is 153 Å². The molecule has 0 spiro atoms. The van der Waals surface area contributed by atoms with Gasteiger partial charge in [0.1, 0.15) is 13.1 Å². The minimum absolute atomic E-state index is 0. The Kier molecular flexibility index (Phi) is 5.08. The number of nitrogens with two attached hydrogens (primary N) is 2. The summed E-state index contributed by atoms with van der Waals surface area (Å²) in [5.41, 5.74) is 10.7. The summed E-state index contributed by atoms with van der Waals surface area (Å²) >= 11 is 0. The minimum Gasteiger partial charge on any atom is -0.779 e. The Morgan fingerprint density at radius 1 is 1.48 bits per heavy atom. The maximum absolute atomic E-state index is 11.0. The van der Waals surface area contributed by atoms with Crippen molar-refractivity contribution in [3.63, 3.8) is 0 Å². The zero-order chi connectivity index (χ0) is 16.1. The van der Waals surface area contributed by atoms with E-state index in [-0.39, 0.29) is 60.2 Å². The fourth-order valence-electron chi connectivity index (χ4n) is 3.05. The van der Waals surface area contributed by atoms with Crippen LogP contribution in [0.5, 0.6) is 0 Å². The summed E-state index contributed by atoms with van der Waals surface area (Å²) < 4.78 is 12.7. The Bertz CT molecular complexity index is 779. The number of nitrogens with zero attached hydrogens (tertiary/aromatic N) is 4. The van der Waals surface area contributed by atoms with E-state index in [9.17, 15) is 14.6 Å². The van der Waals surface area contributed by atoms with E-state index >= 15 is 0 Å². The van der Waals surface area contributed by atoms with E-state index in [0.29, 0.717) is 17.6 Å². The van der Waals surface area contributed by atoms with E-state index < -0.39 is 19.4 Å². The summed E-state index contributed by atoms with van der Waals surface area (Å²) in [5.74, 6) is 0.174. The second kappa shape index (κ2) is 6.29. The number of aliphatic hydroxyl groups is 1. The molecule has 1 fully saturated rings. The molecule has 1 saturated carbocycles. The third kappa shape index (κ3) is 3.85. The molecular weight excluding hydrogens is 334 g/mol. The summed E-state index contributed by atoms with van der Waals surface area (Å²) in [6.07, 6.45) is 1.78. The normalized spacial score (nSPS) is 26.8. The van der Waals surface area contributed by atoms with Crippen molar-refractivity contribution >= 4 is 30.5 Å². The summed E-state index contributed by atoms with van der Waals surface area (Å²) in [6.45, 7) is 0. The molecule has 0 aromatic carbocycles. The molecule has 0 radical (unpaired) electrons. The summed E-state index contributed by atoms with van der Waals surface area (Å²) in [6, 6.07) is -0.213. The fourth-order valence-corrected chi connectivity index (χ4v) is 4.09. The van der Waals surface area contributed by atoms with Crippen molar-refractivity contribution in [2.75, 3.05) is 17.6 Å². The molecule has 10 nitrogen and oxygen atoms in total. The third-order valence-corrected chi connectivity index (χ3v) is 4.90. The molecule has 3 atom stereocenters. The maximum Gasteiger partial charge on any atom is 1.00 e. The van der Waals surface area contributed by atoms with Crippen molar-refractivity contribution in [3.05, 3.63) is 6.33 Å². The van der Waals surface area contributed by atoms with Gasteiger partial charge in [0, 0.05) is 12.2 Å². The molecule has 1 aliphatic carbocycles. The Morgan fingerprint density at radius 3 is 2.83 bits per heavy atom. The van der Waals surface area contributed by atoms with Gasteiger partial charge in [0.05, 0.1) is 11.9 Å². The van der Waals surface area contributed by atoms with Gasteiger partial charge in [-0.2, -0.15) is 9.97 Å². The first-order valence-corrected chi connectivity index (χ1v) is 8.44. The van der Waals surface area contributed by atoms with Gasteiger partial charge in [-0.05, 0) is 19.3 Å². The summed E-state index contributed by atoms with van der Waals surface area (Å²) in [7, 11) is -4.54. The minimum atomic E-state index is -4.54. The molecule has 3 rings (SSSR count). The maximum atomic E-state index is 11.0. The van der Waals surface area contributed by atoms with Crippen molar-refractivity contribution in [3.8, 4) is 0 Å². The van der Waals surface area contributed by atoms with E-state index in [1.807, 2.05) is 0 Å². The number of fused-ring (bicyclic) bond motifs is 1. The predicted molar refractivity (Wildman–Crippen MR) is 76.7 cm³/mol. The number of aromatic nitrogens is 4. The van der Waals surface area contributed by atoms with Crippen LogP contribution in [0.2, 0.25) is 0 Å². The van der Waals surface area contributed by atoms with Crippen LogP contribution in [-0.2, 0) is 4.57 Å². The summed E-state index contributed by atoms with van der Waals surface area (Å²) in [5, 5.41) is 10.3. The van der Waals surface area contributed by atoms with Crippen molar-refractivity contribution < 1.29 is 49.0 Å². The van der Waals surface area contributed by atoms with E-state index in [4.69, 9.17) is 16.4 Å². The van der Waals surface area contributed by atoms with E-state index in [0.717, 1.165) is 0 Å². The number of anilines is 2. The van der Waals surface area contributed by atoms with E-state index in [1.165, 1.54) is 6.33 Å². The quantitative estimate of drug-likeness (QED) is 0.317. The fraction of sp³-hybridized carbons (Fsp3) is 0.545. The van der Waals surface area contributed by atoms with Crippen LogP contribution in [0, 0.1) is 0 Å². The molecule has 0 aliphatic heterocycles. The molecule has 0 amide bonds. The van der Waals surface area contributed by atoms with Gasteiger partial charge in [-0.1, -0.05) is 0 Å². The second-order valence-corrected chi connectivity index (χ2v) is 7.30. The molecule has 120 valence electrons. The number of hydrogen-bond donors (Lipinski definition) is 4. The molecule has 0 bridgehead atoms. The van der Waals surface area contributed by atoms with Gasteiger partial charge < -0.3 is 35.5 Å². The third-order valence-electron chi connectivity index (χ3n) is 3.91. The number of hydrogen-bond acceptors (Lipinski definition) is 8. The molecule has 2 aromatic rings. The van der Waals surface area contributed by atoms with Gasteiger partial charge in [-0.25, -0.2) is 4.98 Å². The van der Waals surface area contributed by atoms with Crippen molar-refractivity contribution in [1.82, 2.24) is 19.5 Å². The first-order valence-electron chi connectivity index (χ1n) is 6.68. The van der Waals surface area contributed by atoms with E-state index in [1.54, 1.807) is 4.57 Å². The Morgan fingerprint density at radius 2 is 2.17 bits per heavy atom. The first kappa shape index (κ1) is 18.6. The van der Waals surface area contributed by atoms with Crippen LogP contribution < -0.4 is 45.9 Å². The molecule has 23 heavy (non-hydrogen) atoms. The molecular formula is C11H16N6NaO4P. The first-order chi connectivity index (χ1) is 10.2.